The topological polar surface area (TPSA) is 578 Å². The fourth-order valence-corrected chi connectivity index (χ4v) is 23.6. The standard InChI is InChI=1S/C96H140Cl3NO36/c1-3-4-15-23-47(98)74(109)78(113)79(114)75(110)48(102)34-49(103)86(136-95-84(119)77(112)73(43-101)133-95)50(104)37-69-76(111)80(115)81(116)92(132-69)93-83(118)82(117)91-61(131-93)31-30-60(130-91)88-54(108)39-71-94(135-88)96(99,120)42-72(127-71)90-53(107)38-70-89(134-90)52(106)35-63(126-70)56-26-27-57-62(122-56)33-44(2)85(128-57)58-28-29-59-87(129-58)51(105)36-64-66(124-59)41-67-68(125-64)40-65-55(123-67)25-24-46(121-65)22-18-14-17-21-45(100)20-16-12-10-8-6-5-7-9-11-13-19-32-97/h1,8,10,12,14,16-19,22,32,44-95,101-120H,5-7,9,20-21,23-31,33-43,100H2,2H3/b10-8+,16-12+,17-14+,22-18+,32-19+/t44-,45?,46+,47?,48?,49?,50?,51+,52+,53+,54-,55+,56-,57+,58+,59-,60+,61+,62-,63+,64-,65-,66+,67-,68+,69?,70-,71-,72-,73-,74?,75?,76?,77-,78?,79?,80?,81?,82+,83-,84+,85+,86?,87+,88+,89+,90+,91+,92-,93+,94-,95+,96-/m1/s1. The maximum absolute atomic E-state index is 12.1. The molecule has 0 spiro atoms. The first-order chi connectivity index (χ1) is 65.2. The Hall–Kier alpha value is -3.23. The zero-order chi connectivity index (χ0) is 96.8. The smallest absolute Gasteiger partial charge is 0.187 e. The average Bonchev–Trinajstić information content (AvgIpc) is 0.980. The molecule has 0 aromatic rings. The van der Waals surface area contributed by atoms with Crippen molar-refractivity contribution >= 4 is 34.8 Å². The largest absolute Gasteiger partial charge is 0.394 e. The van der Waals surface area contributed by atoms with Crippen molar-refractivity contribution in [1.82, 2.24) is 0 Å². The number of allylic oxidation sites excluding steroid dienone is 6. The Kier molecular flexibility index (Phi) is 38.1. The maximum Gasteiger partial charge on any atom is 0.187 e. The van der Waals surface area contributed by atoms with Gasteiger partial charge in [0.05, 0.1) is 183 Å². The Balaban J connectivity index is 0.485. The molecular formula is C96H140Cl3NO36. The van der Waals surface area contributed by atoms with E-state index in [2.05, 4.69) is 67.1 Å². The molecule has 15 saturated heterocycles. The third-order valence-corrected chi connectivity index (χ3v) is 31.2. The minimum atomic E-state index is -2.36. The number of fused-ring (bicyclic) bond motifs is 8. The van der Waals surface area contributed by atoms with Crippen LogP contribution in [0.4, 0.5) is 0 Å². The van der Waals surface area contributed by atoms with Gasteiger partial charge in [0.25, 0.3) is 0 Å². The lowest BCUT2D eigenvalue weighted by Crippen LogP contribution is -2.70. The number of aliphatic hydroxyl groups is 20. The van der Waals surface area contributed by atoms with Crippen LogP contribution in [0.25, 0.3) is 0 Å². The van der Waals surface area contributed by atoms with Crippen LogP contribution in [-0.4, -0.2) is 424 Å². The highest BCUT2D eigenvalue weighted by Gasteiger charge is 2.64. The zero-order valence-electron chi connectivity index (χ0n) is 75.9. The minimum absolute atomic E-state index is 0.00632. The van der Waals surface area contributed by atoms with E-state index < -0.39 is 256 Å². The highest BCUT2D eigenvalue weighted by Crippen LogP contribution is 2.51. The maximum atomic E-state index is 12.1. The van der Waals surface area contributed by atoms with Gasteiger partial charge in [-0.25, -0.2) is 0 Å². The van der Waals surface area contributed by atoms with Crippen LogP contribution < -0.4 is 5.73 Å². The molecule has 15 fully saturated rings. The normalized spacial score (nSPS) is 47.1. The molecule has 15 aliphatic heterocycles. The van der Waals surface area contributed by atoms with Crippen molar-refractivity contribution in [1.29, 1.82) is 0 Å². The van der Waals surface area contributed by atoms with Gasteiger partial charge in [-0.3, -0.25) is 0 Å². The van der Waals surface area contributed by atoms with Crippen LogP contribution in [0.2, 0.25) is 0 Å². The van der Waals surface area contributed by atoms with Gasteiger partial charge in [0, 0.05) is 82.2 Å². The van der Waals surface area contributed by atoms with E-state index in [4.69, 9.17) is 123 Å². The fourth-order valence-electron chi connectivity index (χ4n) is 22.9. The number of unbranched alkanes of at least 4 members (excludes halogenated alkanes) is 3. The molecule has 0 saturated carbocycles. The molecule has 40 heteroatoms. The molecule has 15 heterocycles. The second-order valence-electron chi connectivity index (χ2n) is 39.8. The van der Waals surface area contributed by atoms with Gasteiger partial charge in [-0.1, -0.05) is 96.5 Å². The van der Waals surface area contributed by atoms with Crippen LogP contribution in [0, 0.1) is 41.9 Å². The predicted molar refractivity (Wildman–Crippen MR) is 479 cm³/mol. The van der Waals surface area contributed by atoms with E-state index in [1.165, 1.54) is 5.54 Å². The average molecular weight is 1990 g/mol. The predicted octanol–water partition coefficient (Wildman–Crippen LogP) is -1.80. The molecule has 14 unspecified atom stereocenters. The summed E-state index contributed by atoms with van der Waals surface area (Å²) in [5.74, 6) is 12.7. The third-order valence-electron chi connectivity index (χ3n) is 30.3. The number of terminal acetylenes is 1. The molecule has 0 aromatic carbocycles. The van der Waals surface area contributed by atoms with E-state index in [9.17, 15) is 102 Å². The van der Waals surface area contributed by atoms with Crippen LogP contribution in [0.15, 0.2) is 60.2 Å². The van der Waals surface area contributed by atoms with Crippen LogP contribution in [0.3, 0.4) is 0 Å². The van der Waals surface area contributed by atoms with E-state index in [-0.39, 0.29) is 130 Å². The van der Waals surface area contributed by atoms with Crippen molar-refractivity contribution in [3.05, 3.63) is 60.2 Å². The van der Waals surface area contributed by atoms with E-state index in [0.29, 0.717) is 51.4 Å². The summed E-state index contributed by atoms with van der Waals surface area (Å²) >= 11 is 18.6. The van der Waals surface area contributed by atoms with Gasteiger partial charge < -0.3 is 184 Å². The molecule has 15 rings (SSSR count). The Morgan fingerprint density at radius 1 is 0.449 bits per heavy atom. The molecule has 22 N–H and O–H groups in total. The molecule has 37 nitrogen and oxygen atoms in total. The highest BCUT2D eigenvalue weighted by atomic mass is 35.5. The Labute approximate surface area is 806 Å². The Bertz CT molecular complexity index is 4120. The van der Waals surface area contributed by atoms with Crippen molar-refractivity contribution in [2.75, 3.05) is 6.61 Å². The summed E-state index contributed by atoms with van der Waals surface area (Å²) in [5.41, 5.74) is 7.82. The van der Waals surface area contributed by atoms with E-state index in [0.717, 1.165) is 51.4 Å². The van der Waals surface area contributed by atoms with Crippen LogP contribution in [0.5, 0.6) is 0 Å². The summed E-state index contributed by atoms with van der Waals surface area (Å²) in [4.78, 5) is 0. The third kappa shape index (κ3) is 25.0. The quantitative estimate of drug-likeness (QED) is 0.0158. The van der Waals surface area contributed by atoms with E-state index in [1.807, 2.05) is 18.1 Å². The monoisotopic (exact) mass is 1990 g/mol. The number of rotatable bonds is 31. The van der Waals surface area contributed by atoms with Crippen LogP contribution >= 0.6 is 34.8 Å². The van der Waals surface area contributed by atoms with Crippen molar-refractivity contribution in [2.24, 2.45) is 11.7 Å². The number of hydrogen-bond acceptors (Lipinski definition) is 37. The first-order valence-electron chi connectivity index (χ1n) is 48.7. The lowest BCUT2D eigenvalue weighted by Gasteiger charge is -2.55. The number of ether oxygens (including phenoxy) is 16. The van der Waals surface area contributed by atoms with Gasteiger partial charge in [-0.05, 0) is 114 Å². The van der Waals surface area contributed by atoms with Crippen molar-refractivity contribution in [3.8, 4) is 36.0 Å². The molecule has 0 radical (unpaired) electrons. The van der Waals surface area contributed by atoms with Crippen molar-refractivity contribution in [2.45, 2.75) is 483 Å². The van der Waals surface area contributed by atoms with Gasteiger partial charge in [0.2, 0.25) is 0 Å². The first kappa shape index (κ1) is 107. The van der Waals surface area contributed by atoms with Crippen molar-refractivity contribution in [3.63, 3.8) is 0 Å². The summed E-state index contributed by atoms with van der Waals surface area (Å²) < 4.78 is 104. The number of nitrogens with two attached hydrogens (primary N) is 1. The molecule has 15 aliphatic rings. The number of aliphatic hydroxyl groups excluding tert-OH is 19. The van der Waals surface area contributed by atoms with E-state index >= 15 is 0 Å². The first-order valence-corrected chi connectivity index (χ1v) is 49.9. The zero-order valence-corrected chi connectivity index (χ0v) is 78.2. The summed E-state index contributed by atoms with van der Waals surface area (Å²) in [5, 5.41) is 223. The summed E-state index contributed by atoms with van der Waals surface area (Å²) in [7, 11) is 0. The second kappa shape index (κ2) is 48.4. The number of alkyl halides is 2. The van der Waals surface area contributed by atoms with Gasteiger partial charge in [0.1, 0.15) is 122 Å². The molecule has 0 aromatic heterocycles. The SMILES string of the molecule is C#CC#CCC(Cl)C(O)C(O)C(O)C(O)C(O)CC(O)C(O[C@@H]1O[C@H](CO)[C@@H](O)[C@@H]1O)C(O)CC1O[C@@H]([C@H]2O[C@H]3CC[C@@H]([C@H]4O[C@@H]5[C@@H](C[C@H]4O)O[C@@H]([C@H]4O[C@H]6[C@@H](O)C[C@@H]([C@H]7CC[C@@H]8O[C@H]([C@@H]9CC[C@H]%10O[C@H]%11C[C@H]%12O[C@H]%13CC[C@H](/C=C/C=C/CC(N)C/C=C/C=C/CCCCC#C/C=C/Cl)O[C@@H]%13C[C@@H]%12O[C@@H]%11C[C@H](O)[C@@H]%10O9)[C@H](C)C[C@H]8O7)O[C@@H]6C[C@@H]4O)C[C@]5(O)Cl)O[C@@H]3[C@@H](O)[C@H]2O)C(O)C(O)C1O. The highest BCUT2D eigenvalue weighted by molar-refractivity contribution is 6.25. The lowest BCUT2D eigenvalue weighted by molar-refractivity contribution is -0.337. The summed E-state index contributed by atoms with van der Waals surface area (Å²) in [6.07, 6.45) is -27.0. The van der Waals surface area contributed by atoms with E-state index in [1.54, 1.807) is 6.08 Å². The molecular weight excluding hydrogens is 1850 g/mol. The summed E-state index contributed by atoms with van der Waals surface area (Å²) in [6.45, 7) is 1.28. The molecule has 136 heavy (non-hydrogen) atoms. The number of halogens is 3. The second-order valence-corrected chi connectivity index (χ2v) is 41.3. The van der Waals surface area contributed by atoms with Crippen LogP contribution in [0.1, 0.15) is 167 Å². The van der Waals surface area contributed by atoms with Gasteiger partial charge in [0.15, 0.2) is 11.4 Å². The van der Waals surface area contributed by atoms with Gasteiger partial charge in [-0.15, -0.1) is 18.0 Å². The molecule has 0 bridgehead atoms. The molecule has 53 atom stereocenters. The van der Waals surface area contributed by atoms with Gasteiger partial charge in [-0.2, -0.15) is 0 Å². The fraction of sp³-hybridized carbons (Fsp3) is 0.833. The number of hydrogen-bond donors (Lipinski definition) is 21. The summed E-state index contributed by atoms with van der Waals surface area (Å²) in [6, 6.07) is 0.0217. The molecule has 0 aliphatic carbocycles. The van der Waals surface area contributed by atoms with Crippen LogP contribution in [-0.2, 0) is 75.8 Å². The van der Waals surface area contributed by atoms with Gasteiger partial charge >= 0.3 is 0 Å². The minimum Gasteiger partial charge on any atom is -0.394 e. The molecule has 766 valence electrons. The Morgan fingerprint density at radius 3 is 1.60 bits per heavy atom. The Morgan fingerprint density at radius 2 is 0.934 bits per heavy atom. The lowest BCUT2D eigenvalue weighted by atomic mass is 9.80. The van der Waals surface area contributed by atoms with Crippen molar-refractivity contribution < 1.29 is 178 Å². The molecule has 0 amide bonds.